The number of allylic oxidation sites excluding steroid dienone is 4. The van der Waals surface area contributed by atoms with Crippen molar-refractivity contribution < 1.29 is 24.5 Å². The first kappa shape index (κ1) is 76.3. The zero-order chi connectivity index (χ0) is 56.4. The van der Waals surface area contributed by atoms with E-state index in [9.17, 15) is 19.8 Å². The van der Waals surface area contributed by atoms with Crippen LogP contribution in [0.4, 0.5) is 0 Å². The van der Waals surface area contributed by atoms with Gasteiger partial charge in [0.05, 0.1) is 25.4 Å². The molecule has 0 aliphatic heterocycles. The summed E-state index contributed by atoms with van der Waals surface area (Å²) in [6.07, 6.45) is 85.3. The fraction of sp³-hybridized carbons (Fsp3) is 0.917. The van der Waals surface area contributed by atoms with Gasteiger partial charge in [-0.3, -0.25) is 9.59 Å². The summed E-state index contributed by atoms with van der Waals surface area (Å²) >= 11 is 0. The topological polar surface area (TPSA) is 95.9 Å². The van der Waals surface area contributed by atoms with Gasteiger partial charge in [-0.25, -0.2) is 0 Å². The second-order valence-electron chi connectivity index (χ2n) is 24.6. The van der Waals surface area contributed by atoms with Gasteiger partial charge < -0.3 is 20.3 Å². The van der Waals surface area contributed by atoms with Gasteiger partial charge in [0.15, 0.2) is 0 Å². The molecule has 2 atom stereocenters. The highest BCUT2D eigenvalue weighted by atomic mass is 16.5. The number of hydrogen-bond acceptors (Lipinski definition) is 5. The van der Waals surface area contributed by atoms with E-state index >= 15 is 0 Å². The number of carbonyl (C=O) groups excluding carboxylic acids is 2. The Bertz CT molecular complexity index is 1220. The molecule has 2 unspecified atom stereocenters. The molecule has 78 heavy (non-hydrogen) atoms. The van der Waals surface area contributed by atoms with Gasteiger partial charge in [-0.2, -0.15) is 0 Å². The first-order chi connectivity index (χ1) is 38.5. The Morgan fingerprint density at radius 2 is 0.641 bits per heavy atom. The zero-order valence-electron chi connectivity index (χ0n) is 52.9. The quantitative estimate of drug-likeness (QED) is 0.0320. The Labute approximate surface area is 488 Å². The van der Waals surface area contributed by atoms with E-state index in [-0.39, 0.29) is 18.5 Å². The van der Waals surface area contributed by atoms with E-state index in [1.807, 2.05) is 0 Å². The van der Waals surface area contributed by atoms with E-state index in [4.69, 9.17) is 4.74 Å². The summed E-state index contributed by atoms with van der Waals surface area (Å²) in [4.78, 5) is 24.6. The third-order valence-corrected chi connectivity index (χ3v) is 16.8. The molecule has 0 fully saturated rings. The molecule has 3 N–H and O–H groups in total. The van der Waals surface area contributed by atoms with E-state index < -0.39 is 12.1 Å². The lowest BCUT2D eigenvalue weighted by atomic mass is 10.0. The summed E-state index contributed by atoms with van der Waals surface area (Å²) in [6.45, 7) is 4.98. The summed E-state index contributed by atoms with van der Waals surface area (Å²) in [5.74, 6) is -0.0149. The average Bonchev–Trinajstić information content (AvgIpc) is 3.44. The van der Waals surface area contributed by atoms with Crippen molar-refractivity contribution in [1.29, 1.82) is 0 Å². The highest BCUT2D eigenvalue weighted by Gasteiger charge is 2.20. The number of ether oxygens (including phenoxy) is 1. The van der Waals surface area contributed by atoms with Crippen LogP contribution in [-0.2, 0) is 14.3 Å². The van der Waals surface area contributed by atoms with E-state index in [0.717, 1.165) is 44.9 Å². The van der Waals surface area contributed by atoms with Crippen molar-refractivity contribution in [3.05, 3.63) is 24.3 Å². The molecule has 0 spiro atoms. The van der Waals surface area contributed by atoms with Crippen LogP contribution < -0.4 is 5.32 Å². The maximum Gasteiger partial charge on any atom is 0.305 e. The summed E-state index contributed by atoms with van der Waals surface area (Å²) < 4.78 is 5.51. The van der Waals surface area contributed by atoms with Crippen molar-refractivity contribution in [3.8, 4) is 0 Å². The minimum absolute atomic E-state index is 0.0186. The largest absolute Gasteiger partial charge is 0.466 e. The van der Waals surface area contributed by atoms with Crippen molar-refractivity contribution in [1.82, 2.24) is 5.32 Å². The molecular formula is C72H139NO5. The van der Waals surface area contributed by atoms with Gasteiger partial charge in [-0.15, -0.1) is 0 Å². The molecule has 0 radical (unpaired) electrons. The van der Waals surface area contributed by atoms with Gasteiger partial charge in [0.2, 0.25) is 5.91 Å². The molecule has 0 rings (SSSR count). The lowest BCUT2D eigenvalue weighted by Gasteiger charge is -2.22. The number of esters is 1. The molecule has 0 saturated carbocycles. The third kappa shape index (κ3) is 63.5. The van der Waals surface area contributed by atoms with Crippen molar-refractivity contribution in [2.45, 2.75) is 411 Å². The number of amides is 1. The first-order valence-corrected chi connectivity index (χ1v) is 35.6. The van der Waals surface area contributed by atoms with Gasteiger partial charge in [-0.1, -0.05) is 353 Å². The molecule has 0 aromatic rings. The van der Waals surface area contributed by atoms with E-state index in [2.05, 4.69) is 43.5 Å². The van der Waals surface area contributed by atoms with Crippen LogP contribution in [0.25, 0.3) is 0 Å². The van der Waals surface area contributed by atoms with Crippen LogP contribution in [0.15, 0.2) is 24.3 Å². The fourth-order valence-electron chi connectivity index (χ4n) is 11.3. The van der Waals surface area contributed by atoms with E-state index in [1.54, 1.807) is 0 Å². The minimum Gasteiger partial charge on any atom is -0.466 e. The molecule has 0 heterocycles. The fourth-order valence-corrected chi connectivity index (χ4v) is 11.3. The number of aliphatic hydroxyl groups is 2. The summed E-state index contributed by atoms with van der Waals surface area (Å²) in [6, 6.07) is -0.539. The van der Waals surface area contributed by atoms with Crippen LogP contribution in [0.2, 0.25) is 0 Å². The van der Waals surface area contributed by atoms with Crippen LogP contribution >= 0.6 is 0 Å². The van der Waals surface area contributed by atoms with Gasteiger partial charge >= 0.3 is 5.97 Å². The van der Waals surface area contributed by atoms with Crippen LogP contribution in [0.3, 0.4) is 0 Å². The van der Waals surface area contributed by atoms with Gasteiger partial charge in [-0.05, 0) is 57.8 Å². The monoisotopic (exact) mass is 1100 g/mol. The normalized spacial score (nSPS) is 12.6. The molecule has 0 aromatic heterocycles. The first-order valence-electron chi connectivity index (χ1n) is 35.6. The second kappa shape index (κ2) is 67.8. The number of unbranched alkanes of at least 4 members (excludes halogenated alkanes) is 52. The molecular weight excluding hydrogens is 959 g/mol. The number of rotatable bonds is 67. The Balaban J connectivity index is 3.35. The molecule has 1 amide bonds. The standard InChI is InChI=1S/C72H139NO5/c1-3-5-7-9-11-13-15-16-17-18-32-36-39-42-46-50-54-58-62-66-72(77)78-67-63-59-55-51-47-43-40-37-34-31-29-27-25-23-21-19-20-22-24-26-28-30-33-35-38-41-45-49-53-57-61-65-71(76)73-69(68-74)70(75)64-60-56-52-48-44-14-12-10-8-6-4-2/h21,23,27,29,69-70,74-75H,3-20,22,24-26,28,30-68H2,1-2H3,(H,73,76)/b23-21-,29-27-. The molecule has 0 bridgehead atoms. The Hall–Kier alpha value is -1.66. The number of aliphatic hydroxyl groups excluding tert-OH is 2. The summed E-state index contributed by atoms with van der Waals surface area (Å²) in [5.41, 5.74) is 0. The van der Waals surface area contributed by atoms with Crippen molar-refractivity contribution in [3.63, 3.8) is 0 Å². The maximum atomic E-state index is 12.5. The summed E-state index contributed by atoms with van der Waals surface area (Å²) in [7, 11) is 0. The second-order valence-corrected chi connectivity index (χ2v) is 24.6. The van der Waals surface area contributed by atoms with E-state index in [0.29, 0.717) is 25.9 Å². The van der Waals surface area contributed by atoms with Crippen LogP contribution in [0.1, 0.15) is 399 Å². The van der Waals surface area contributed by atoms with Crippen molar-refractivity contribution >= 4 is 11.9 Å². The van der Waals surface area contributed by atoms with Gasteiger partial charge in [0, 0.05) is 12.8 Å². The predicted molar refractivity (Wildman–Crippen MR) is 343 cm³/mol. The molecule has 6 heteroatoms. The third-order valence-electron chi connectivity index (χ3n) is 16.8. The maximum absolute atomic E-state index is 12.5. The lowest BCUT2D eigenvalue weighted by molar-refractivity contribution is -0.143. The van der Waals surface area contributed by atoms with Crippen molar-refractivity contribution in [2.75, 3.05) is 13.2 Å². The van der Waals surface area contributed by atoms with Crippen molar-refractivity contribution in [2.24, 2.45) is 0 Å². The van der Waals surface area contributed by atoms with E-state index in [1.165, 1.54) is 321 Å². The zero-order valence-corrected chi connectivity index (χ0v) is 52.9. The van der Waals surface area contributed by atoms with Crippen LogP contribution in [0, 0.1) is 0 Å². The highest BCUT2D eigenvalue weighted by molar-refractivity contribution is 5.76. The molecule has 0 aliphatic carbocycles. The SMILES string of the molecule is CCCCCCCCCCCCCCCCCCCCCC(=O)OCCCCCCCCCCC/C=C\C/C=C\CCCCCCCCCCCCCCCCCC(=O)NC(CO)C(O)CCCCCCCCCCCCC. The number of carbonyl (C=O) groups is 2. The lowest BCUT2D eigenvalue weighted by Crippen LogP contribution is -2.45. The highest BCUT2D eigenvalue weighted by Crippen LogP contribution is 2.19. The Kier molecular flexibility index (Phi) is 66.4. The molecule has 0 aromatic carbocycles. The summed E-state index contributed by atoms with van der Waals surface area (Å²) in [5, 5.41) is 23.2. The average molecular weight is 1100 g/mol. The molecule has 462 valence electrons. The molecule has 0 aliphatic rings. The molecule has 0 saturated heterocycles. The minimum atomic E-state index is -0.662. The Morgan fingerprint density at radius 1 is 0.359 bits per heavy atom. The number of nitrogens with one attached hydrogen (secondary N) is 1. The Morgan fingerprint density at radius 3 is 0.974 bits per heavy atom. The van der Waals surface area contributed by atoms with Gasteiger partial charge in [0.1, 0.15) is 0 Å². The number of hydrogen-bond donors (Lipinski definition) is 3. The van der Waals surface area contributed by atoms with Crippen LogP contribution in [-0.4, -0.2) is 47.4 Å². The molecule has 6 nitrogen and oxygen atoms in total. The van der Waals surface area contributed by atoms with Gasteiger partial charge in [0.25, 0.3) is 0 Å². The smallest absolute Gasteiger partial charge is 0.305 e. The van der Waals surface area contributed by atoms with Crippen LogP contribution in [0.5, 0.6) is 0 Å². The predicted octanol–water partition coefficient (Wildman–Crippen LogP) is 22.9.